The minimum absolute atomic E-state index is 0.577. The molecule has 0 amide bonds. The fourth-order valence-electron chi connectivity index (χ4n) is 2.96. The lowest BCUT2D eigenvalue weighted by atomic mass is 10.1. The normalized spacial score (nSPS) is 20.7. The third kappa shape index (κ3) is 2.60. The van der Waals surface area contributed by atoms with Crippen LogP contribution in [0.15, 0.2) is 18.3 Å². The van der Waals surface area contributed by atoms with E-state index in [1.807, 2.05) is 18.3 Å². The highest BCUT2D eigenvalue weighted by atomic mass is 35.5. The molecule has 102 valence electrons. The molecule has 4 nitrogen and oxygen atoms in total. The summed E-state index contributed by atoms with van der Waals surface area (Å²) in [5.41, 5.74) is 0.830. The number of aromatic nitrogens is 3. The van der Waals surface area contributed by atoms with Crippen LogP contribution >= 0.6 is 11.6 Å². The van der Waals surface area contributed by atoms with Crippen LogP contribution in [-0.4, -0.2) is 38.1 Å². The lowest BCUT2D eigenvalue weighted by molar-refractivity contribution is 0.201. The summed E-state index contributed by atoms with van der Waals surface area (Å²) in [5.74, 6) is 0.916. The summed E-state index contributed by atoms with van der Waals surface area (Å²) in [6, 6.07) is 4.86. The molecule has 3 heterocycles. The number of rotatable bonds is 3. The monoisotopic (exact) mass is 278 g/mol. The molecule has 0 aromatic carbocycles. The van der Waals surface area contributed by atoms with Crippen molar-refractivity contribution in [2.45, 2.75) is 45.2 Å². The maximum Gasteiger partial charge on any atom is 0.157 e. The van der Waals surface area contributed by atoms with E-state index in [1.54, 1.807) is 4.52 Å². The Morgan fingerprint density at radius 3 is 3.11 bits per heavy atom. The van der Waals surface area contributed by atoms with Crippen LogP contribution in [0.25, 0.3) is 5.65 Å². The molecule has 1 unspecified atom stereocenters. The summed E-state index contributed by atoms with van der Waals surface area (Å²) >= 11 is 5.97. The number of halogens is 1. The molecule has 0 bridgehead atoms. The number of hydrogen-bond acceptors (Lipinski definition) is 3. The Hall–Kier alpha value is -1.13. The second kappa shape index (κ2) is 5.10. The molecule has 3 rings (SSSR count). The molecule has 2 aromatic rings. The van der Waals surface area contributed by atoms with Crippen LogP contribution < -0.4 is 0 Å². The Morgan fingerprint density at radius 1 is 1.47 bits per heavy atom. The summed E-state index contributed by atoms with van der Waals surface area (Å²) in [6.07, 6.45) is 5.32. The second-order valence-corrected chi connectivity index (χ2v) is 5.94. The Kier molecular flexibility index (Phi) is 3.46. The zero-order chi connectivity index (χ0) is 13.4. The fraction of sp³-hybridized carbons (Fsp3) is 0.571. The van der Waals surface area contributed by atoms with Gasteiger partial charge in [0.05, 0.1) is 0 Å². The van der Waals surface area contributed by atoms with Crippen LogP contribution in [0, 0.1) is 0 Å². The van der Waals surface area contributed by atoms with E-state index in [4.69, 9.17) is 11.6 Å². The van der Waals surface area contributed by atoms with Crippen LogP contribution in [-0.2, 0) is 6.42 Å². The van der Waals surface area contributed by atoms with Crippen molar-refractivity contribution in [1.29, 1.82) is 0 Å². The van der Waals surface area contributed by atoms with E-state index in [0.29, 0.717) is 17.1 Å². The van der Waals surface area contributed by atoms with Crippen molar-refractivity contribution in [3.8, 4) is 0 Å². The summed E-state index contributed by atoms with van der Waals surface area (Å²) in [4.78, 5) is 7.13. The first kappa shape index (κ1) is 12.9. The Morgan fingerprint density at radius 2 is 2.32 bits per heavy atom. The first-order valence-electron chi connectivity index (χ1n) is 6.90. The molecular weight excluding hydrogens is 260 g/mol. The Bertz CT molecular complexity index is 578. The van der Waals surface area contributed by atoms with E-state index in [0.717, 1.165) is 17.9 Å². The van der Waals surface area contributed by atoms with Gasteiger partial charge < -0.3 is 0 Å². The topological polar surface area (TPSA) is 33.4 Å². The van der Waals surface area contributed by atoms with E-state index in [2.05, 4.69) is 28.8 Å². The number of pyridine rings is 1. The summed E-state index contributed by atoms with van der Waals surface area (Å²) < 4.78 is 1.80. The predicted octanol–water partition coefficient (Wildman–Crippen LogP) is 2.80. The van der Waals surface area contributed by atoms with Gasteiger partial charge in [0.1, 0.15) is 0 Å². The molecule has 0 aliphatic carbocycles. The maximum atomic E-state index is 5.97. The summed E-state index contributed by atoms with van der Waals surface area (Å²) in [5, 5.41) is 5.24. The first-order valence-corrected chi connectivity index (χ1v) is 7.28. The van der Waals surface area contributed by atoms with Crippen molar-refractivity contribution >= 4 is 17.2 Å². The van der Waals surface area contributed by atoms with Gasteiger partial charge in [-0.15, -0.1) is 0 Å². The minimum Gasteiger partial charge on any atom is -0.298 e. The molecule has 5 heteroatoms. The van der Waals surface area contributed by atoms with E-state index in [9.17, 15) is 0 Å². The molecular formula is C14H19ClN4. The maximum absolute atomic E-state index is 5.97. The van der Waals surface area contributed by atoms with Gasteiger partial charge in [-0.25, -0.2) is 9.50 Å². The van der Waals surface area contributed by atoms with Gasteiger partial charge in [-0.05, 0) is 39.3 Å². The van der Waals surface area contributed by atoms with Crippen LogP contribution in [0.1, 0.15) is 32.5 Å². The van der Waals surface area contributed by atoms with Crippen molar-refractivity contribution in [3.05, 3.63) is 29.2 Å². The standard InChI is InChI=1S/C14H19ClN4/c1-10(2)18-6-3-4-12(18)9-13-16-14-8-11(15)5-7-19(14)17-13/h5,7-8,10,12H,3-4,6,9H2,1-2H3. The molecule has 0 spiro atoms. The third-order valence-electron chi connectivity index (χ3n) is 3.85. The van der Waals surface area contributed by atoms with Crippen LogP contribution in [0.3, 0.4) is 0 Å². The van der Waals surface area contributed by atoms with Gasteiger partial charge in [-0.2, -0.15) is 5.10 Å². The van der Waals surface area contributed by atoms with E-state index < -0.39 is 0 Å². The van der Waals surface area contributed by atoms with Crippen molar-refractivity contribution in [1.82, 2.24) is 19.5 Å². The van der Waals surface area contributed by atoms with E-state index >= 15 is 0 Å². The highest BCUT2D eigenvalue weighted by Crippen LogP contribution is 2.22. The van der Waals surface area contributed by atoms with Crippen molar-refractivity contribution < 1.29 is 0 Å². The molecule has 2 aromatic heterocycles. The van der Waals surface area contributed by atoms with E-state index in [1.165, 1.54) is 19.4 Å². The quantitative estimate of drug-likeness (QED) is 0.866. The lowest BCUT2D eigenvalue weighted by Gasteiger charge is -2.27. The third-order valence-corrected chi connectivity index (χ3v) is 4.08. The predicted molar refractivity (Wildman–Crippen MR) is 76.6 cm³/mol. The van der Waals surface area contributed by atoms with Gasteiger partial charge in [0.2, 0.25) is 0 Å². The van der Waals surface area contributed by atoms with Gasteiger partial charge in [-0.3, -0.25) is 4.90 Å². The van der Waals surface area contributed by atoms with Gasteiger partial charge in [0.15, 0.2) is 11.5 Å². The Labute approximate surface area is 118 Å². The highest BCUT2D eigenvalue weighted by Gasteiger charge is 2.27. The van der Waals surface area contributed by atoms with Crippen molar-refractivity contribution in [2.75, 3.05) is 6.54 Å². The van der Waals surface area contributed by atoms with Gasteiger partial charge >= 0.3 is 0 Å². The number of nitrogens with zero attached hydrogens (tertiary/aromatic N) is 4. The zero-order valence-electron chi connectivity index (χ0n) is 11.4. The summed E-state index contributed by atoms with van der Waals surface area (Å²) in [6.45, 7) is 5.71. The molecule has 0 saturated carbocycles. The number of hydrogen-bond donors (Lipinski definition) is 0. The molecule has 0 N–H and O–H groups in total. The van der Waals surface area contributed by atoms with Crippen molar-refractivity contribution in [3.63, 3.8) is 0 Å². The van der Waals surface area contributed by atoms with Gasteiger partial charge in [0, 0.05) is 35.8 Å². The largest absolute Gasteiger partial charge is 0.298 e. The lowest BCUT2D eigenvalue weighted by Crippen LogP contribution is -2.36. The highest BCUT2D eigenvalue weighted by molar-refractivity contribution is 6.30. The van der Waals surface area contributed by atoms with Gasteiger partial charge in [-0.1, -0.05) is 11.6 Å². The SMILES string of the molecule is CC(C)N1CCCC1Cc1nc2cc(Cl)ccn2n1. The number of likely N-dealkylation sites (tertiary alicyclic amines) is 1. The van der Waals surface area contributed by atoms with E-state index in [-0.39, 0.29) is 0 Å². The molecule has 1 atom stereocenters. The fourth-order valence-corrected chi connectivity index (χ4v) is 3.11. The second-order valence-electron chi connectivity index (χ2n) is 5.51. The smallest absolute Gasteiger partial charge is 0.157 e. The van der Waals surface area contributed by atoms with Crippen LogP contribution in [0.5, 0.6) is 0 Å². The van der Waals surface area contributed by atoms with Gasteiger partial charge in [0.25, 0.3) is 0 Å². The van der Waals surface area contributed by atoms with Crippen molar-refractivity contribution in [2.24, 2.45) is 0 Å². The molecule has 1 fully saturated rings. The first-order chi connectivity index (χ1) is 9.13. The minimum atomic E-state index is 0.577. The molecule has 1 aliphatic heterocycles. The molecule has 1 aliphatic rings. The van der Waals surface area contributed by atoms with Crippen LogP contribution in [0.4, 0.5) is 0 Å². The molecule has 0 radical (unpaired) electrons. The average Bonchev–Trinajstić information content (AvgIpc) is 2.95. The zero-order valence-corrected chi connectivity index (χ0v) is 12.1. The molecule has 1 saturated heterocycles. The Balaban J connectivity index is 1.81. The molecule has 19 heavy (non-hydrogen) atoms. The number of fused-ring (bicyclic) bond motifs is 1. The van der Waals surface area contributed by atoms with Crippen LogP contribution in [0.2, 0.25) is 5.02 Å². The summed E-state index contributed by atoms with van der Waals surface area (Å²) in [7, 11) is 0. The average molecular weight is 279 g/mol.